The molecule has 14 aromatic carbocycles. The van der Waals surface area contributed by atoms with Crippen molar-refractivity contribution in [1.82, 2.24) is 9.13 Å². The quantitative estimate of drug-likeness (QED) is 0.129. The monoisotopic (exact) mass is 1100 g/mol. The number of hydrogen-bond acceptors (Lipinski definition) is 0. The highest BCUT2D eigenvalue weighted by atomic mass is 15.0. The molecule has 0 bridgehead atoms. The van der Waals surface area contributed by atoms with E-state index in [9.17, 15) is 0 Å². The number of hydrogen-bond donors (Lipinski definition) is 0. The van der Waals surface area contributed by atoms with E-state index < -0.39 is 5.41 Å². The van der Waals surface area contributed by atoms with Crippen molar-refractivity contribution in [3.8, 4) is 89.3 Å². The van der Waals surface area contributed by atoms with Gasteiger partial charge >= 0.3 is 0 Å². The molecule has 0 saturated heterocycles. The van der Waals surface area contributed by atoms with Gasteiger partial charge in [-0.2, -0.15) is 0 Å². The van der Waals surface area contributed by atoms with Crippen LogP contribution in [0.5, 0.6) is 0 Å². The maximum absolute atomic E-state index is 2.43. The highest BCUT2D eigenvalue weighted by molar-refractivity contribution is 6.13. The molecule has 1 aliphatic carbocycles. The Bertz CT molecular complexity index is 5230. The first-order valence-electron chi connectivity index (χ1n) is 30.1. The summed E-state index contributed by atoms with van der Waals surface area (Å²) in [6.07, 6.45) is 0. The molecule has 406 valence electrons. The minimum atomic E-state index is -0.515. The number of rotatable bonds is 10. The molecule has 0 saturated carbocycles. The summed E-state index contributed by atoms with van der Waals surface area (Å²) in [4.78, 5) is 0. The van der Waals surface area contributed by atoms with E-state index in [4.69, 9.17) is 0 Å². The fourth-order valence-corrected chi connectivity index (χ4v) is 14.3. The molecule has 87 heavy (non-hydrogen) atoms. The van der Waals surface area contributed by atoms with Crippen LogP contribution in [-0.4, -0.2) is 9.13 Å². The van der Waals surface area contributed by atoms with Crippen LogP contribution < -0.4 is 0 Å². The van der Waals surface area contributed by atoms with Gasteiger partial charge in [0.2, 0.25) is 0 Å². The third-order valence-corrected chi connectivity index (χ3v) is 18.5. The SMILES string of the molecule is c1ccc(-c2ccc(-c3ccc(C4(c5cccc(-c6ccc(-c7ccc(-c8cccc(-n9c%10ccccc%10c%10cc(-c%11ccc%12c(c%11)c%11ccccc%11n%12-c%11ccccc%11)ccc%109)c8)cc7)cc6)c5)c5ccccc5-c5ccccc54)cc3)cc2)cc1. The van der Waals surface area contributed by atoms with Crippen LogP contribution in [0.1, 0.15) is 22.3 Å². The Hall–Kier alpha value is -11.3. The Kier molecular flexibility index (Phi) is 11.8. The van der Waals surface area contributed by atoms with E-state index in [1.807, 2.05) is 0 Å². The van der Waals surface area contributed by atoms with Crippen LogP contribution in [-0.2, 0) is 5.41 Å². The summed E-state index contributed by atoms with van der Waals surface area (Å²) in [5, 5.41) is 4.98. The fourth-order valence-electron chi connectivity index (χ4n) is 14.3. The van der Waals surface area contributed by atoms with E-state index >= 15 is 0 Å². The van der Waals surface area contributed by atoms with Crippen LogP contribution in [0.3, 0.4) is 0 Å². The van der Waals surface area contributed by atoms with E-state index in [-0.39, 0.29) is 0 Å². The topological polar surface area (TPSA) is 9.86 Å². The van der Waals surface area contributed by atoms with Crippen molar-refractivity contribution in [1.29, 1.82) is 0 Å². The summed E-state index contributed by atoms with van der Waals surface area (Å²) in [5.41, 5.74) is 28.6. The third kappa shape index (κ3) is 8.25. The van der Waals surface area contributed by atoms with Gasteiger partial charge in [0, 0.05) is 32.9 Å². The Morgan fingerprint density at radius 1 is 0.184 bits per heavy atom. The van der Waals surface area contributed by atoms with E-state index in [2.05, 4.69) is 349 Å². The molecule has 16 aromatic rings. The van der Waals surface area contributed by atoms with Crippen molar-refractivity contribution in [3.63, 3.8) is 0 Å². The average molecular weight is 1110 g/mol. The van der Waals surface area contributed by atoms with E-state index in [1.165, 1.54) is 149 Å². The van der Waals surface area contributed by atoms with Gasteiger partial charge in [-0.3, -0.25) is 0 Å². The van der Waals surface area contributed by atoms with Gasteiger partial charge in [-0.05, 0) is 167 Å². The van der Waals surface area contributed by atoms with Gasteiger partial charge < -0.3 is 9.13 Å². The Labute approximate surface area is 506 Å². The van der Waals surface area contributed by atoms with Gasteiger partial charge in [-0.15, -0.1) is 0 Å². The highest BCUT2D eigenvalue weighted by Gasteiger charge is 2.46. The standard InChI is InChI=1S/C85H56N2/c1-3-17-57(18-4-1)58-33-35-61(36-34-58)62-45-49-69(50-46-62)85(79-29-11-7-25-73(79)74-26-8-12-30-80(74)85)70-21-15-19-65(53-70)63-41-37-59(38-42-63)60-39-43-64(44-40-60)66-20-16-24-72(54-66)87-82-32-14-10-28-76(82)78-56-68(48-52-84(78)87)67-47-51-83-77(55-67)75-27-9-13-31-81(75)86(83)71-22-5-2-6-23-71/h1-56H. The molecule has 0 aliphatic heterocycles. The Balaban J connectivity index is 0.663. The molecule has 2 heterocycles. The molecule has 0 unspecified atom stereocenters. The summed E-state index contributed by atoms with van der Waals surface area (Å²) < 4.78 is 4.81. The molecule has 0 radical (unpaired) electrons. The molecule has 0 spiro atoms. The van der Waals surface area contributed by atoms with E-state index in [0.717, 1.165) is 5.69 Å². The van der Waals surface area contributed by atoms with Crippen LogP contribution >= 0.6 is 0 Å². The first-order valence-corrected chi connectivity index (χ1v) is 30.1. The minimum absolute atomic E-state index is 0.515. The van der Waals surface area contributed by atoms with E-state index in [0.29, 0.717) is 0 Å². The molecule has 1 aliphatic rings. The van der Waals surface area contributed by atoms with Gasteiger partial charge in [0.1, 0.15) is 0 Å². The summed E-state index contributed by atoms with van der Waals surface area (Å²) in [6, 6.07) is 125. The number of aromatic nitrogens is 2. The molecule has 17 rings (SSSR count). The summed E-state index contributed by atoms with van der Waals surface area (Å²) in [6.45, 7) is 0. The largest absolute Gasteiger partial charge is 0.309 e. The number of para-hydroxylation sites is 3. The summed E-state index contributed by atoms with van der Waals surface area (Å²) >= 11 is 0. The van der Waals surface area contributed by atoms with Crippen LogP contribution in [0, 0.1) is 0 Å². The first kappa shape index (κ1) is 50.2. The zero-order valence-electron chi connectivity index (χ0n) is 47.7. The van der Waals surface area contributed by atoms with E-state index in [1.54, 1.807) is 0 Å². The van der Waals surface area contributed by atoms with Gasteiger partial charge in [-0.1, -0.05) is 273 Å². The smallest absolute Gasteiger partial charge is 0.0713 e. The first-order chi connectivity index (χ1) is 43.1. The predicted octanol–water partition coefficient (Wildman–Crippen LogP) is 22.2. The maximum atomic E-state index is 2.43. The average Bonchev–Trinajstić information content (AvgIpc) is 1.70. The third-order valence-electron chi connectivity index (χ3n) is 18.5. The Morgan fingerprint density at radius 3 is 1.03 bits per heavy atom. The number of fused-ring (bicyclic) bond motifs is 9. The lowest BCUT2D eigenvalue weighted by Gasteiger charge is -2.34. The van der Waals surface area contributed by atoms with Gasteiger partial charge in [-0.25, -0.2) is 0 Å². The highest BCUT2D eigenvalue weighted by Crippen LogP contribution is 2.56. The summed E-state index contributed by atoms with van der Waals surface area (Å²) in [5.74, 6) is 0. The van der Waals surface area contributed by atoms with Crippen LogP contribution in [0.15, 0.2) is 340 Å². The molecule has 0 N–H and O–H groups in total. The molecule has 0 atom stereocenters. The minimum Gasteiger partial charge on any atom is -0.309 e. The molecular weight excluding hydrogens is 1050 g/mol. The van der Waals surface area contributed by atoms with Crippen molar-refractivity contribution in [2.45, 2.75) is 5.41 Å². The number of benzene rings is 14. The zero-order valence-corrected chi connectivity index (χ0v) is 47.7. The van der Waals surface area contributed by atoms with Crippen molar-refractivity contribution < 1.29 is 0 Å². The van der Waals surface area contributed by atoms with Gasteiger partial charge in [0.05, 0.1) is 27.5 Å². The molecule has 2 aromatic heterocycles. The van der Waals surface area contributed by atoms with Crippen molar-refractivity contribution in [2.24, 2.45) is 0 Å². The zero-order chi connectivity index (χ0) is 57.4. The molecular formula is C85H56N2. The van der Waals surface area contributed by atoms with Crippen LogP contribution in [0.4, 0.5) is 0 Å². The molecule has 2 heteroatoms. The molecule has 2 nitrogen and oxygen atoms in total. The normalized spacial score (nSPS) is 12.5. The second-order valence-corrected chi connectivity index (χ2v) is 23.2. The summed E-state index contributed by atoms with van der Waals surface area (Å²) in [7, 11) is 0. The fraction of sp³-hybridized carbons (Fsp3) is 0.0118. The Morgan fingerprint density at radius 2 is 0.517 bits per heavy atom. The lowest BCUT2D eigenvalue weighted by molar-refractivity contribution is 0.769. The van der Waals surface area contributed by atoms with Crippen molar-refractivity contribution in [3.05, 3.63) is 362 Å². The molecule has 0 amide bonds. The lowest BCUT2D eigenvalue weighted by Crippen LogP contribution is -2.28. The number of nitrogens with zero attached hydrogens (tertiary/aromatic N) is 2. The van der Waals surface area contributed by atoms with Gasteiger partial charge in [0.15, 0.2) is 0 Å². The lowest BCUT2D eigenvalue weighted by atomic mass is 9.67. The molecule has 0 fully saturated rings. The van der Waals surface area contributed by atoms with Gasteiger partial charge in [0.25, 0.3) is 0 Å². The van der Waals surface area contributed by atoms with Crippen molar-refractivity contribution >= 4 is 43.6 Å². The predicted molar refractivity (Wildman–Crippen MR) is 365 cm³/mol. The second kappa shape index (κ2) is 20.5. The van der Waals surface area contributed by atoms with Crippen molar-refractivity contribution in [2.75, 3.05) is 0 Å². The van der Waals surface area contributed by atoms with Crippen LogP contribution in [0.2, 0.25) is 0 Å². The van der Waals surface area contributed by atoms with Crippen LogP contribution in [0.25, 0.3) is 133 Å². The maximum Gasteiger partial charge on any atom is 0.0713 e. The second-order valence-electron chi connectivity index (χ2n) is 23.2.